The van der Waals surface area contributed by atoms with Crippen molar-refractivity contribution < 1.29 is 37.5 Å². The van der Waals surface area contributed by atoms with Gasteiger partial charge in [0.1, 0.15) is 22.0 Å². The summed E-state index contributed by atoms with van der Waals surface area (Å²) in [6.07, 6.45) is 0.119. The first-order chi connectivity index (χ1) is 27.6. The zero-order valence-electron chi connectivity index (χ0n) is 41.2. The minimum Gasteiger partial charge on any atom is -0.459 e. The molecule has 2 fully saturated rings. The monoisotopic (exact) mass is 881 g/mol. The van der Waals surface area contributed by atoms with Crippen molar-refractivity contribution in [1.82, 2.24) is 9.80 Å². The lowest BCUT2D eigenvalue weighted by molar-refractivity contribution is -0.172. The summed E-state index contributed by atoms with van der Waals surface area (Å²) in [4.78, 5) is 57.0. The van der Waals surface area contributed by atoms with E-state index >= 15 is 0 Å². The lowest BCUT2D eigenvalue weighted by Crippen LogP contribution is -2.51. The van der Waals surface area contributed by atoms with E-state index in [9.17, 15) is 19.2 Å². The van der Waals surface area contributed by atoms with Gasteiger partial charge in [0.25, 0.3) is 0 Å². The molecule has 2 aromatic rings. The molecule has 0 aliphatic carbocycles. The van der Waals surface area contributed by atoms with E-state index in [2.05, 4.69) is 67.7 Å². The van der Waals surface area contributed by atoms with Gasteiger partial charge in [-0.1, -0.05) is 109 Å². The second-order valence-electron chi connectivity index (χ2n) is 22.6. The minimum absolute atomic E-state index is 0.00495. The first kappa shape index (κ1) is 52.0. The molecule has 0 N–H and O–H groups in total. The molecule has 2 amide bonds. The van der Waals surface area contributed by atoms with Crippen LogP contribution >= 0.6 is 0 Å². The Labute approximate surface area is 371 Å². The quantitative estimate of drug-likeness (QED) is 0.153. The number of nitrogens with zero attached hydrogens (tertiary/aromatic N) is 2. The van der Waals surface area contributed by atoms with Crippen molar-refractivity contribution in [3.05, 3.63) is 71.8 Å². The van der Waals surface area contributed by atoms with Gasteiger partial charge in [0.05, 0.1) is 31.2 Å². The van der Waals surface area contributed by atoms with Gasteiger partial charge in [0.2, 0.25) is 11.8 Å². The normalized spacial score (nSPS) is 22.7. The standard InChI is InChI=1S/C25H41NO4Si.C24H39NO4Si/c1-18-21(27)26(19(2)20-14-12-11-13-15-20)16-25(18,22(28)30-23(3,4)5)17-29-31(9,10)24(6,7)8;1-18(19-13-11-10-12-14-19)25-16-24(15-20(25)26,21(27)29-22(2,3)4)17-28-30(8,9)23(5,6)7/h11-15,18-19H,16-17H2,1-10H3;10-14,18H,15-17H2,1-9H3/t18?,19-,25+;18-,24+/m11/s1. The van der Waals surface area contributed by atoms with Crippen molar-refractivity contribution >= 4 is 40.4 Å². The van der Waals surface area contributed by atoms with Crippen LogP contribution in [0.25, 0.3) is 0 Å². The summed E-state index contributed by atoms with van der Waals surface area (Å²) < 4.78 is 24.6. The SMILES string of the molecule is CC1C(=O)N([C@H](C)c2ccccc2)C[C@@]1(CO[Si](C)(C)C(C)(C)C)C(=O)OC(C)(C)C.C[C@H](c1ccccc1)N1C[C@@](CO[Si](C)(C)C(C)(C)C)(C(=O)OC(C)(C)C)CC1=O. The lowest BCUT2D eigenvalue weighted by atomic mass is 9.79. The minimum atomic E-state index is -2.13. The zero-order valence-corrected chi connectivity index (χ0v) is 43.2. The van der Waals surface area contributed by atoms with Gasteiger partial charge in [-0.2, -0.15) is 0 Å². The largest absolute Gasteiger partial charge is 0.459 e. The molecule has 0 aromatic heterocycles. The van der Waals surface area contributed by atoms with Crippen LogP contribution in [0.1, 0.15) is 133 Å². The zero-order chi connectivity index (χ0) is 46.8. The van der Waals surface area contributed by atoms with Crippen LogP contribution in [0.3, 0.4) is 0 Å². The van der Waals surface area contributed by atoms with Gasteiger partial charge in [-0.05, 0) is 103 Å². The number of benzene rings is 2. The topological polar surface area (TPSA) is 112 Å². The molecule has 2 heterocycles. The van der Waals surface area contributed by atoms with Crippen molar-refractivity contribution in [2.45, 2.75) is 170 Å². The molecule has 342 valence electrons. The van der Waals surface area contributed by atoms with Gasteiger partial charge in [0.15, 0.2) is 16.6 Å². The Morgan fingerprint density at radius 2 is 1.03 bits per heavy atom. The summed E-state index contributed by atoms with van der Waals surface area (Å²) in [5.41, 5.74) is -1.17. The number of esters is 2. The highest BCUT2D eigenvalue weighted by atomic mass is 28.4. The highest BCUT2D eigenvalue weighted by Gasteiger charge is 2.59. The van der Waals surface area contributed by atoms with Crippen LogP contribution in [0.5, 0.6) is 0 Å². The second kappa shape index (κ2) is 18.8. The van der Waals surface area contributed by atoms with E-state index in [-0.39, 0.29) is 65.5 Å². The van der Waals surface area contributed by atoms with E-state index < -0.39 is 44.6 Å². The maximum Gasteiger partial charge on any atom is 0.317 e. The number of carbonyl (C=O) groups is 4. The van der Waals surface area contributed by atoms with Crippen molar-refractivity contribution in [2.75, 3.05) is 26.3 Å². The molecular weight excluding hydrogens is 801 g/mol. The van der Waals surface area contributed by atoms with E-state index in [0.717, 1.165) is 11.1 Å². The molecule has 2 aliphatic heterocycles. The van der Waals surface area contributed by atoms with Crippen LogP contribution in [0.15, 0.2) is 60.7 Å². The summed E-state index contributed by atoms with van der Waals surface area (Å²) in [6, 6.07) is 19.6. The Kier molecular flexibility index (Phi) is 16.0. The molecule has 2 saturated heterocycles. The van der Waals surface area contributed by atoms with Gasteiger partial charge in [-0.25, -0.2) is 0 Å². The molecule has 5 atom stereocenters. The van der Waals surface area contributed by atoms with E-state index in [0.29, 0.717) is 13.1 Å². The smallest absolute Gasteiger partial charge is 0.317 e. The lowest BCUT2D eigenvalue weighted by Gasteiger charge is -2.40. The number of carbonyl (C=O) groups excluding carboxylic acids is 4. The molecule has 2 aliphatic rings. The Morgan fingerprint density at radius 1 is 0.639 bits per heavy atom. The summed E-state index contributed by atoms with van der Waals surface area (Å²) in [5.74, 6) is -1.26. The highest BCUT2D eigenvalue weighted by molar-refractivity contribution is 6.74. The number of likely N-dealkylation sites (tertiary alicyclic amines) is 2. The maximum atomic E-state index is 13.5. The van der Waals surface area contributed by atoms with Gasteiger partial charge in [0, 0.05) is 19.5 Å². The molecular formula is C49H80N2O8Si2. The third-order valence-corrected chi connectivity index (χ3v) is 22.3. The molecule has 0 radical (unpaired) electrons. The average molecular weight is 881 g/mol. The van der Waals surface area contributed by atoms with Gasteiger partial charge in [-0.3, -0.25) is 19.2 Å². The summed E-state index contributed by atoms with van der Waals surface area (Å²) in [6.45, 7) is 39.7. The van der Waals surface area contributed by atoms with Crippen LogP contribution in [0, 0.1) is 16.7 Å². The molecule has 1 unspecified atom stereocenters. The van der Waals surface area contributed by atoms with E-state index in [1.807, 2.05) is 128 Å². The molecule has 0 saturated carbocycles. The Hall–Kier alpha value is -3.33. The van der Waals surface area contributed by atoms with Crippen molar-refractivity contribution in [1.29, 1.82) is 0 Å². The maximum absolute atomic E-state index is 13.5. The first-order valence-corrected chi connectivity index (χ1v) is 27.9. The number of ether oxygens (including phenoxy) is 2. The molecule has 10 nitrogen and oxygen atoms in total. The van der Waals surface area contributed by atoms with E-state index in [1.54, 1.807) is 4.90 Å². The van der Waals surface area contributed by atoms with E-state index in [4.69, 9.17) is 18.3 Å². The van der Waals surface area contributed by atoms with Crippen molar-refractivity contribution in [3.63, 3.8) is 0 Å². The van der Waals surface area contributed by atoms with Crippen LogP contribution in [-0.4, -0.2) is 87.7 Å². The molecule has 12 heteroatoms. The fourth-order valence-electron chi connectivity index (χ4n) is 6.96. The number of hydrogen-bond acceptors (Lipinski definition) is 8. The van der Waals surface area contributed by atoms with Gasteiger partial charge in [-0.15, -0.1) is 0 Å². The highest BCUT2D eigenvalue weighted by Crippen LogP contribution is 2.46. The van der Waals surface area contributed by atoms with Crippen LogP contribution in [0.2, 0.25) is 36.3 Å². The van der Waals surface area contributed by atoms with Crippen LogP contribution in [-0.2, 0) is 37.5 Å². The number of rotatable bonds is 12. The fourth-order valence-corrected chi connectivity index (χ4v) is 9.08. The summed E-state index contributed by atoms with van der Waals surface area (Å²) >= 11 is 0. The molecule has 4 rings (SSSR count). The Balaban J connectivity index is 0.000000325. The molecule has 0 bridgehead atoms. The van der Waals surface area contributed by atoms with Gasteiger partial charge < -0.3 is 28.1 Å². The Morgan fingerprint density at radius 3 is 1.44 bits per heavy atom. The summed E-state index contributed by atoms with van der Waals surface area (Å²) in [7, 11) is -4.22. The van der Waals surface area contributed by atoms with Gasteiger partial charge >= 0.3 is 11.9 Å². The third kappa shape index (κ3) is 12.7. The summed E-state index contributed by atoms with van der Waals surface area (Å²) in [5, 5.41) is 0.0206. The van der Waals surface area contributed by atoms with Crippen LogP contribution in [0.4, 0.5) is 0 Å². The number of amides is 2. The first-order valence-electron chi connectivity index (χ1n) is 22.0. The van der Waals surface area contributed by atoms with E-state index in [1.165, 1.54) is 0 Å². The van der Waals surface area contributed by atoms with Crippen LogP contribution < -0.4 is 0 Å². The molecule has 61 heavy (non-hydrogen) atoms. The average Bonchev–Trinajstić information content (AvgIpc) is 3.61. The second-order valence-corrected chi connectivity index (χ2v) is 32.2. The molecule has 2 aromatic carbocycles. The predicted molar refractivity (Wildman–Crippen MR) is 250 cm³/mol. The van der Waals surface area contributed by atoms with Crippen molar-refractivity contribution in [2.24, 2.45) is 16.7 Å². The fraction of sp³-hybridized carbons (Fsp3) is 0.673. The van der Waals surface area contributed by atoms with Crippen molar-refractivity contribution in [3.8, 4) is 0 Å². The molecule has 0 spiro atoms. The Bertz CT molecular complexity index is 1820. The third-order valence-electron chi connectivity index (χ3n) is 13.4. The number of hydrogen-bond donors (Lipinski definition) is 0. The predicted octanol–water partition coefficient (Wildman–Crippen LogP) is 10.9.